The Kier molecular flexibility index (Phi) is 2.40. The molecule has 72 valence electrons. The lowest BCUT2D eigenvalue weighted by atomic mass is 9.80. The van der Waals surface area contributed by atoms with E-state index in [0.717, 1.165) is 23.9 Å². The van der Waals surface area contributed by atoms with Crippen LogP contribution >= 0.6 is 0 Å². The van der Waals surface area contributed by atoms with Crippen LogP contribution in [0, 0.1) is 12.8 Å². The molecule has 1 atom stereocenters. The van der Waals surface area contributed by atoms with Crippen molar-refractivity contribution in [2.75, 3.05) is 0 Å². The van der Waals surface area contributed by atoms with Crippen molar-refractivity contribution in [3.05, 3.63) is 23.7 Å². The molecule has 0 saturated heterocycles. The molecule has 0 bridgehead atoms. The maximum atomic E-state index is 6.02. The summed E-state index contributed by atoms with van der Waals surface area (Å²) < 4.78 is 5.49. The largest absolute Gasteiger partial charge is 0.465 e. The normalized spacial score (nSPS) is 19.8. The molecule has 1 unspecified atom stereocenters. The Morgan fingerprint density at radius 1 is 1.54 bits per heavy atom. The van der Waals surface area contributed by atoms with Crippen molar-refractivity contribution in [1.29, 1.82) is 0 Å². The van der Waals surface area contributed by atoms with Crippen LogP contribution in [0.1, 0.15) is 43.2 Å². The second-order valence-corrected chi connectivity index (χ2v) is 4.09. The first-order chi connectivity index (χ1) is 6.25. The molecule has 0 aromatic carbocycles. The number of aryl methyl sites for hydroxylation is 1. The standard InChI is InChI=1S/C11H17NO/c1-8-5-6-11(13-8)10(12)7-9-3-2-4-9/h5-6,9-10H,2-4,7,12H2,1H3. The van der Waals surface area contributed by atoms with Crippen molar-refractivity contribution in [3.63, 3.8) is 0 Å². The van der Waals surface area contributed by atoms with Crippen molar-refractivity contribution < 1.29 is 4.42 Å². The van der Waals surface area contributed by atoms with Crippen LogP contribution in [0.3, 0.4) is 0 Å². The number of hydrogen-bond donors (Lipinski definition) is 1. The smallest absolute Gasteiger partial charge is 0.120 e. The molecule has 1 aliphatic carbocycles. The Morgan fingerprint density at radius 2 is 2.31 bits per heavy atom. The highest BCUT2D eigenvalue weighted by Crippen LogP contribution is 2.33. The minimum Gasteiger partial charge on any atom is -0.465 e. The van der Waals surface area contributed by atoms with E-state index in [9.17, 15) is 0 Å². The molecule has 13 heavy (non-hydrogen) atoms. The van der Waals surface area contributed by atoms with Crippen molar-refractivity contribution in [1.82, 2.24) is 0 Å². The van der Waals surface area contributed by atoms with Gasteiger partial charge in [0.1, 0.15) is 11.5 Å². The molecule has 0 aliphatic heterocycles. The fraction of sp³-hybridized carbons (Fsp3) is 0.636. The zero-order valence-corrected chi connectivity index (χ0v) is 8.12. The van der Waals surface area contributed by atoms with Crippen LogP contribution in [0.15, 0.2) is 16.5 Å². The first kappa shape index (κ1) is 8.82. The highest BCUT2D eigenvalue weighted by atomic mass is 16.3. The molecule has 1 heterocycles. The number of rotatable bonds is 3. The summed E-state index contributed by atoms with van der Waals surface area (Å²) in [5.74, 6) is 2.75. The second kappa shape index (κ2) is 3.54. The summed E-state index contributed by atoms with van der Waals surface area (Å²) in [6, 6.07) is 4.09. The van der Waals surface area contributed by atoms with E-state index in [1.54, 1.807) is 0 Å². The Balaban J connectivity index is 1.92. The van der Waals surface area contributed by atoms with E-state index in [2.05, 4.69) is 0 Å². The van der Waals surface area contributed by atoms with Gasteiger partial charge >= 0.3 is 0 Å². The van der Waals surface area contributed by atoms with Crippen molar-refractivity contribution in [3.8, 4) is 0 Å². The van der Waals surface area contributed by atoms with Gasteiger partial charge in [0.15, 0.2) is 0 Å². The zero-order valence-electron chi connectivity index (χ0n) is 8.12. The third kappa shape index (κ3) is 1.94. The van der Waals surface area contributed by atoms with E-state index in [4.69, 9.17) is 10.2 Å². The Hall–Kier alpha value is -0.760. The SMILES string of the molecule is Cc1ccc(C(N)CC2CCC2)o1. The highest BCUT2D eigenvalue weighted by molar-refractivity contribution is 5.09. The first-order valence-electron chi connectivity index (χ1n) is 5.07. The molecular formula is C11H17NO. The van der Waals surface area contributed by atoms with E-state index in [1.165, 1.54) is 19.3 Å². The molecule has 0 amide bonds. The predicted octanol–water partition coefficient (Wildman–Crippen LogP) is 2.78. The first-order valence-corrected chi connectivity index (χ1v) is 5.07. The topological polar surface area (TPSA) is 39.2 Å². The summed E-state index contributed by atoms with van der Waals surface area (Å²) in [6.45, 7) is 1.96. The molecule has 2 nitrogen and oxygen atoms in total. The lowest BCUT2D eigenvalue weighted by molar-refractivity contribution is 0.265. The van der Waals surface area contributed by atoms with E-state index < -0.39 is 0 Å². The van der Waals surface area contributed by atoms with Gasteiger partial charge in [-0.15, -0.1) is 0 Å². The summed E-state index contributed by atoms with van der Waals surface area (Å²) in [7, 11) is 0. The fourth-order valence-corrected chi connectivity index (χ4v) is 1.86. The van der Waals surface area contributed by atoms with Crippen LogP contribution in [-0.4, -0.2) is 0 Å². The molecule has 1 aliphatic rings. The van der Waals surface area contributed by atoms with Crippen LogP contribution in [-0.2, 0) is 0 Å². The van der Waals surface area contributed by atoms with Gasteiger partial charge in [0, 0.05) is 0 Å². The molecule has 2 heteroatoms. The minimum absolute atomic E-state index is 0.110. The highest BCUT2D eigenvalue weighted by Gasteiger charge is 2.22. The van der Waals surface area contributed by atoms with Gasteiger partial charge in [-0.2, -0.15) is 0 Å². The molecule has 1 fully saturated rings. The Labute approximate surface area is 79.1 Å². The van der Waals surface area contributed by atoms with Gasteiger partial charge in [-0.05, 0) is 31.4 Å². The fourth-order valence-electron chi connectivity index (χ4n) is 1.86. The van der Waals surface area contributed by atoms with Crippen molar-refractivity contribution >= 4 is 0 Å². The van der Waals surface area contributed by atoms with Gasteiger partial charge in [-0.25, -0.2) is 0 Å². The predicted molar refractivity (Wildman–Crippen MR) is 52.3 cm³/mol. The second-order valence-electron chi connectivity index (χ2n) is 4.09. The quantitative estimate of drug-likeness (QED) is 0.775. The van der Waals surface area contributed by atoms with Crippen LogP contribution < -0.4 is 5.73 Å². The summed E-state index contributed by atoms with van der Waals surface area (Å²) in [5.41, 5.74) is 6.02. The van der Waals surface area contributed by atoms with Crippen molar-refractivity contribution in [2.45, 2.75) is 38.6 Å². The van der Waals surface area contributed by atoms with Gasteiger partial charge < -0.3 is 10.2 Å². The summed E-state index contributed by atoms with van der Waals surface area (Å²) in [4.78, 5) is 0. The lowest BCUT2D eigenvalue weighted by Gasteiger charge is -2.27. The minimum atomic E-state index is 0.110. The lowest BCUT2D eigenvalue weighted by Crippen LogP contribution is -2.19. The maximum absolute atomic E-state index is 6.02. The van der Waals surface area contributed by atoms with Crippen LogP contribution in [0.25, 0.3) is 0 Å². The summed E-state index contributed by atoms with van der Waals surface area (Å²) in [6.07, 6.45) is 5.18. The molecular weight excluding hydrogens is 162 g/mol. The van der Waals surface area contributed by atoms with Crippen LogP contribution in [0.2, 0.25) is 0 Å². The van der Waals surface area contributed by atoms with Gasteiger partial charge in [-0.3, -0.25) is 0 Å². The average Bonchev–Trinajstić information content (AvgIpc) is 2.44. The van der Waals surface area contributed by atoms with Crippen molar-refractivity contribution in [2.24, 2.45) is 11.7 Å². The molecule has 1 aromatic heterocycles. The van der Waals surface area contributed by atoms with E-state index >= 15 is 0 Å². The third-order valence-corrected chi connectivity index (χ3v) is 2.94. The Morgan fingerprint density at radius 3 is 2.77 bits per heavy atom. The molecule has 0 radical (unpaired) electrons. The molecule has 1 aromatic rings. The van der Waals surface area contributed by atoms with Crippen LogP contribution in [0.5, 0.6) is 0 Å². The molecule has 2 rings (SSSR count). The van der Waals surface area contributed by atoms with Gasteiger partial charge in [-0.1, -0.05) is 19.3 Å². The maximum Gasteiger partial charge on any atom is 0.120 e. The van der Waals surface area contributed by atoms with Gasteiger partial charge in [0.25, 0.3) is 0 Å². The molecule has 0 spiro atoms. The molecule has 1 saturated carbocycles. The summed E-state index contributed by atoms with van der Waals surface area (Å²) >= 11 is 0. The number of nitrogens with two attached hydrogens (primary N) is 1. The van der Waals surface area contributed by atoms with E-state index in [1.807, 2.05) is 19.1 Å². The average molecular weight is 179 g/mol. The zero-order chi connectivity index (χ0) is 9.26. The number of furan rings is 1. The third-order valence-electron chi connectivity index (χ3n) is 2.94. The van der Waals surface area contributed by atoms with Crippen LogP contribution in [0.4, 0.5) is 0 Å². The van der Waals surface area contributed by atoms with E-state index in [0.29, 0.717) is 0 Å². The summed E-state index contributed by atoms with van der Waals surface area (Å²) in [5, 5.41) is 0. The monoisotopic (exact) mass is 179 g/mol. The van der Waals surface area contributed by atoms with Gasteiger partial charge in [0.05, 0.1) is 6.04 Å². The van der Waals surface area contributed by atoms with Gasteiger partial charge in [0.2, 0.25) is 0 Å². The number of hydrogen-bond acceptors (Lipinski definition) is 2. The molecule has 2 N–H and O–H groups in total. The van der Waals surface area contributed by atoms with E-state index in [-0.39, 0.29) is 6.04 Å². The Bertz CT molecular complexity index is 275.